The number of rotatable bonds is 3. The zero-order chi connectivity index (χ0) is 9.14. The van der Waals surface area contributed by atoms with Crippen molar-refractivity contribution in [3.05, 3.63) is 11.8 Å². The zero-order valence-electron chi connectivity index (χ0n) is 7.42. The molecule has 0 spiro atoms. The predicted molar refractivity (Wildman–Crippen MR) is 45.2 cm³/mol. The molecule has 0 aromatic carbocycles. The molecule has 0 bridgehead atoms. The molecule has 0 aliphatic rings. The Balaban J connectivity index is 2.82. The van der Waals surface area contributed by atoms with E-state index in [9.17, 15) is 4.79 Å². The van der Waals surface area contributed by atoms with Gasteiger partial charge in [-0.15, -0.1) is 0 Å². The Kier molecular flexibility index (Phi) is 2.47. The van der Waals surface area contributed by atoms with E-state index in [-0.39, 0.29) is 11.7 Å². The number of nitrogens with zero attached hydrogens (tertiary/aromatic N) is 1. The second-order valence-corrected chi connectivity index (χ2v) is 2.85. The minimum Gasteiger partial charge on any atom is -0.370 e. The molecule has 0 aliphatic heterocycles. The van der Waals surface area contributed by atoms with E-state index in [1.807, 2.05) is 13.8 Å². The smallest absolute Gasteiger partial charge is 0.204 e. The highest BCUT2D eigenvalue weighted by molar-refractivity contribution is 5.95. The molecule has 0 aliphatic carbocycles. The SMILES string of the molecule is CNc1cc(C(=O)C(C)C)on1. The van der Waals surface area contributed by atoms with Gasteiger partial charge in [-0.05, 0) is 0 Å². The van der Waals surface area contributed by atoms with Crippen LogP contribution in [0.5, 0.6) is 0 Å². The van der Waals surface area contributed by atoms with Crippen LogP contribution in [0.2, 0.25) is 0 Å². The summed E-state index contributed by atoms with van der Waals surface area (Å²) in [5.41, 5.74) is 0. The van der Waals surface area contributed by atoms with Gasteiger partial charge in [0.15, 0.2) is 5.82 Å². The number of anilines is 1. The third-order valence-electron chi connectivity index (χ3n) is 1.53. The van der Waals surface area contributed by atoms with Crippen molar-refractivity contribution in [1.29, 1.82) is 0 Å². The van der Waals surface area contributed by atoms with Gasteiger partial charge in [-0.25, -0.2) is 0 Å². The van der Waals surface area contributed by atoms with Crippen LogP contribution in [0.15, 0.2) is 10.6 Å². The number of nitrogens with one attached hydrogen (secondary N) is 1. The summed E-state index contributed by atoms with van der Waals surface area (Å²) in [7, 11) is 1.72. The topological polar surface area (TPSA) is 55.1 Å². The largest absolute Gasteiger partial charge is 0.370 e. The highest BCUT2D eigenvalue weighted by atomic mass is 16.5. The van der Waals surface area contributed by atoms with E-state index in [1.165, 1.54) is 0 Å². The van der Waals surface area contributed by atoms with Crippen molar-refractivity contribution in [2.75, 3.05) is 12.4 Å². The molecule has 0 amide bonds. The maximum absolute atomic E-state index is 11.3. The van der Waals surface area contributed by atoms with Crippen molar-refractivity contribution in [1.82, 2.24) is 5.16 Å². The molecule has 1 aromatic heterocycles. The summed E-state index contributed by atoms with van der Waals surface area (Å²) in [5.74, 6) is 0.819. The summed E-state index contributed by atoms with van der Waals surface area (Å²) in [4.78, 5) is 11.3. The minimum absolute atomic E-state index is 0.0241. The zero-order valence-corrected chi connectivity index (χ0v) is 7.42. The van der Waals surface area contributed by atoms with Crippen LogP contribution >= 0.6 is 0 Å². The van der Waals surface area contributed by atoms with Crippen molar-refractivity contribution in [2.24, 2.45) is 5.92 Å². The molecule has 0 saturated carbocycles. The van der Waals surface area contributed by atoms with Crippen LogP contribution < -0.4 is 5.32 Å². The van der Waals surface area contributed by atoms with Crippen LogP contribution in [0.1, 0.15) is 24.4 Å². The lowest BCUT2D eigenvalue weighted by molar-refractivity contribution is 0.0902. The second-order valence-electron chi connectivity index (χ2n) is 2.85. The number of Topliss-reactive ketones (excluding diaryl/α,β-unsaturated/α-hetero) is 1. The lowest BCUT2D eigenvalue weighted by Gasteiger charge is -1.96. The van der Waals surface area contributed by atoms with E-state index in [0.29, 0.717) is 11.6 Å². The molecule has 0 unspecified atom stereocenters. The second kappa shape index (κ2) is 3.38. The minimum atomic E-state index is -0.0531. The van der Waals surface area contributed by atoms with E-state index >= 15 is 0 Å². The molecule has 1 rings (SSSR count). The Labute approximate surface area is 70.9 Å². The molecule has 1 heterocycles. The average molecular weight is 168 g/mol. The number of hydrogen-bond donors (Lipinski definition) is 1. The highest BCUT2D eigenvalue weighted by Crippen LogP contribution is 2.12. The molecule has 12 heavy (non-hydrogen) atoms. The molecule has 0 atom stereocenters. The molecule has 0 radical (unpaired) electrons. The molecule has 0 saturated heterocycles. The number of carbonyl (C=O) groups excluding carboxylic acids is 1. The van der Waals surface area contributed by atoms with Crippen LogP contribution in [-0.4, -0.2) is 18.0 Å². The number of hydrogen-bond acceptors (Lipinski definition) is 4. The quantitative estimate of drug-likeness (QED) is 0.696. The molecule has 0 fully saturated rings. The first kappa shape index (κ1) is 8.77. The molecule has 4 heteroatoms. The fourth-order valence-electron chi connectivity index (χ4n) is 0.794. The Morgan fingerprint density at radius 2 is 2.33 bits per heavy atom. The van der Waals surface area contributed by atoms with Crippen LogP contribution in [0.3, 0.4) is 0 Å². The predicted octanol–water partition coefficient (Wildman–Crippen LogP) is 1.55. The standard InChI is InChI=1S/C8H12N2O2/c1-5(2)8(11)6-4-7(9-3)10-12-6/h4-5H,1-3H3,(H,9,10). The van der Waals surface area contributed by atoms with Crippen molar-refractivity contribution >= 4 is 11.6 Å². The van der Waals surface area contributed by atoms with Crippen molar-refractivity contribution < 1.29 is 9.32 Å². The van der Waals surface area contributed by atoms with Gasteiger partial charge in [0.1, 0.15) is 0 Å². The lowest BCUT2D eigenvalue weighted by Crippen LogP contribution is -2.05. The maximum atomic E-state index is 11.3. The molecule has 1 aromatic rings. The first-order valence-electron chi connectivity index (χ1n) is 3.84. The fraction of sp³-hybridized carbons (Fsp3) is 0.500. The molecular formula is C8H12N2O2. The van der Waals surface area contributed by atoms with Gasteiger partial charge in [-0.1, -0.05) is 19.0 Å². The molecule has 1 N–H and O–H groups in total. The number of ketones is 1. The fourth-order valence-corrected chi connectivity index (χ4v) is 0.794. The van der Waals surface area contributed by atoms with Crippen LogP contribution in [0, 0.1) is 5.92 Å². The van der Waals surface area contributed by atoms with Crippen LogP contribution in [0.25, 0.3) is 0 Å². The van der Waals surface area contributed by atoms with E-state index < -0.39 is 0 Å². The van der Waals surface area contributed by atoms with Gasteiger partial charge in [-0.3, -0.25) is 4.79 Å². The highest BCUT2D eigenvalue weighted by Gasteiger charge is 2.15. The third-order valence-corrected chi connectivity index (χ3v) is 1.53. The van der Waals surface area contributed by atoms with E-state index in [0.717, 1.165) is 0 Å². The average Bonchev–Trinajstić information content (AvgIpc) is 2.50. The number of carbonyl (C=O) groups is 1. The van der Waals surface area contributed by atoms with E-state index in [2.05, 4.69) is 10.5 Å². The summed E-state index contributed by atoms with van der Waals surface area (Å²) >= 11 is 0. The Morgan fingerprint density at radius 3 is 2.75 bits per heavy atom. The van der Waals surface area contributed by atoms with Crippen molar-refractivity contribution in [3.63, 3.8) is 0 Å². The van der Waals surface area contributed by atoms with Gasteiger partial charge < -0.3 is 9.84 Å². The number of aromatic nitrogens is 1. The lowest BCUT2D eigenvalue weighted by atomic mass is 10.1. The summed E-state index contributed by atoms with van der Waals surface area (Å²) in [6.07, 6.45) is 0. The van der Waals surface area contributed by atoms with E-state index in [4.69, 9.17) is 4.52 Å². The van der Waals surface area contributed by atoms with Gasteiger partial charge >= 0.3 is 0 Å². The molecule has 4 nitrogen and oxygen atoms in total. The summed E-state index contributed by atoms with van der Waals surface area (Å²) in [6.45, 7) is 3.65. The van der Waals surface area contributed by atoms with Gasteiger partial charge in [0, 0.05) is 19.0 Å². The van der Waals surface area contributed by atoms with Gasteiger partial charge in [0.2, 0.25) is 11.5 Å². The van der Waals surface area contributed by atoms with Crippen LogP contribution in [-0.2, 0) is 0 Å². The third kappa shape index (κ3) is 1.64. The van der Waals surface area contributed by atoms with Gasteiger partial charge in [-0.2, -0.15) is 0 Å². The summed E-state index contributed by atoms with van der Waals surface area (Å²) < 4.78 is 4.82. The Hall–Kier alpha value is -1.32. The first-order valence-corrected chi connectivity index (χ1v) is 3.84. The summed E-state index contributed by atoms with van der Waals surface area (Å²) in [5, 5.41) is 6.42. The normalized spacial score (nSPS) is 10.3. The summed E-state index contributed by atoms with van der Waals surface area (Å²) in [6, 6.07) is 1.60. The van der Waals surface area contributed by atoms with Crippen molar-refractivity contribution in [3.8, 4) is 0 Å². The first-order chi connectivity index (χ1) is 5.65. The Bertz CT molecular complexity index is 278. The Morgan fingerprint density at radius 1 is 1.67 bits per heavy atom. The van der Waals surface area contributed by atoms with Gasteiger partial charge in [0.05, 0.1) is 0 Å². The maximum Gasteiger partial charge on any atom is 0.204 e. The van der Waals surface area contributed by atoms with Gasteiger partial charge in [0.25, 0.3) is 0 Å². The monoisotopic (exact) mass is 168 g/mol. The molecule has 66 valence electrons. The molecular weight excluding hydrogens is 156 g/mol. The van der Waals surface area contributed by atoms with Crippen LogP contribution in [0.4, 0.5) is 5.82 Å². The van der Waals surface area contributed by atoms with Crippen molar-refractivity contribution in [2.45, 2.75) is 13.8 Å². The van der Waals surface area contributed by atoms with E-state index in [1.54, 1.807) is 13.1 Å².